The average Bonchev–Trinajstić information content (AvgIpc) is 3.26. The number of benzene rings is 2. The number of nitrogens with one attached hydrogen (secondary N) is 1. The number of methoxy groups -OCH3 is 1. The van der Waals surface area contributed by atoms with Crippen molar-refractivity contribution in [2.24, 2.45) is 0 Å². The Morgan fingerprint density at radius 1 is 1.15 bits per heavy atom. The first kappa shape index (κ1) is 22.6. The molecule has 0 saturated carbocycles. The molecule has 4 rings (SSSR count). The number of ether oxygens (including phenoxy) is 1. The number of imidazole rings is 1. The van der Waals surface area contributed by atoms with Crippen molar-refractivity contribution in [3.8, 4) is 11.4 Å². The molecule has 1 aliphatic heterocycles. The van der Waals surface area contributed by atoms with Crippen molar-refractivity contribution in [1.82, 2.24) is 19.8 Å². The van der Waals surface area contributed by atoms with Gasteiger partial charge in [0.1, 0.15) is 5.75 Å². The monoisotopic (exact) mass is 446 g/mol. The van der Waals surface area contributed by atoms with Crippen molar-refractivity contribution < 1.29 is 14.3 Å². The van der Waals surface area contributed by atoms with Crippen LogP contribution < -0.4 is 10.1 Å². The standard InChI is InChI=1S/C26H30N4O3/c1-18-6-8-20(9-7-18)13-25(31)29-12-4-5-22(16-29)28-26(32)21-10-11-23(24(14-21)33-3)30-15-19(2)27-17-30/h6-11,14-15,17,22H,4-5,12-13,16H2,1-3H3,(H,28,32). The summed E-state index contributed by atoms with van der Waals surface area (Å²) < 4.78 is 7.39. The average molecular weight is 447 g/mol. The van der Waals surface area contributed by atoms with E-state index in [0.29, 0.717) is 24.3 Å². The van der Waals surface area contributed by atoms with Crippen LogP contribution in [-0.2, 0) is 11.2 Å². The first-order chi connectivity index (χ1) is 15.9. The molecular weight excluding hydrogens is 416 g/mol. The third kappa shape index (κ3) is 5.42. The molecular formula is C26H30N4O3. The second-order valence-electron chi connectivity index (χ2n) is 8.62. The maximum absolute atomic E-state index is 12.9. The summed E-state index contributed by atoms with van der Waals surface area (Å²) in [5.74, 6) is 0.526. The highest BCUT2D eigenvalue weighted by Gasteiger charge is 2.25. The summed E-state index contributed by atoms with van der Waals surface area (Å²) in [6.07, 6.45) is 5.72. The first-order valence-corrected chi connectivity index (χ1v) is 11.3. The van der Waals surface area contributed by atoms with Crippen LogP contribution in [0.15, 0.2) is 55.0 Å². The number of rotatable bonds is 6. The number of aryl methyl sites for hydroxylation is 2. The maximum atomic E-state index is 12.9. The summed E-state index contributed by atoms with van der Waals surface area (Å²) in [5, 5.41) is 3.10. The molecule has 0 bridgehead atoms. The molecule has 33 heavy (non-hydrogen) atoms. The molecule has 0 spiro atoms. The van der Waals surface area contributed by atoms with E-state index in [2.05, 4.69) is 10.3 Å². The van der Waals surface area contributed by atoms with E-state index >= 15 is 0 Å². The minimum atomic E-state index is -0.167. The smallest absolute Gasteiger partial charge is 0.251 e. The highest BCUT2D eigenvalue weighted by atomic mass is 16.5. The third-order valence-corrected chi connectivity index (χ3v) is 6.02. The maximum Gasteiger partial charge on any atom is 0.251 e. The number of carbonyl (C=O) groups is 2. The summed E-state index contributed by atoms with van der Waals surface area (Å²) in [6.45, 7) is 5.21. The molecule has 1 unspecified atom stereocenters. The van der Waals surface area contributed by atoms with Gasteiger partial charge >= 0.3 is 0 Å². The number of likely N-dealkylation sites (tertiary alicyclic amines) is 1. The number of hydrogen-bond donors (Lipinski definition) is 1. The molecule has 1 saturated heterocycles. The van der Waals surface area contributed by atoms with Crippen LogP contribution in [0.25, 0.3) is 5.69 Å². The summed E-state index contributed by atoms with van der Waals surface area (Å²) >= 11 is 0. The highest BCUT2D eigenvalue weighted by Crippen LogP contribution is 2.25. The molecule has 1 atom stereocenters. The predicted molar refractivity (Wildman–Crippen MR) is 127 cm³/mol. The summed E-state index contributed by atoms with van der Waals surface area (Å²) in [6, 6.07) is 13.3. The van der Waals surface area contributed by atoms with E-state index in [9.17, 15) is 9.59 Å². The number of carbonyl (C=O) groups excluding carboxylic acids is 2. The second-order valence-corrected chi connectivity index (χ2v) is 8.62. The van der Waals surface area contributed by atoms with Gasteiger partial charge in [0.05, 0.1) is 31.2 Å². The number of aromatic nitrogens is 2. The third-order valence-electron chi connectivity index (χ3n) is 6.02. The van der Waals surface area contributed by atoms with Gasteiger partial charge < -0.3 is 19.5 Å². The molecule has 1 aromatic heterocycles. The number of piperidine rings is 1. The molecule has 3 aromatic rings. The van der Waals surface area contributed by atoms with Crippen LogP contribution in [0, 0.1) is 13.8 Å². The molecule has 0 radical (unpaired) electrons. The minimum Gasteiger partial charge on any atom is -0.495 e. The Hall–Kier alpha value is -3.61. The second kappa shape index (κ2) is 9.90. The lowest BCUT2D eigenvalue weighted by Crippen LogP contribution is -2.50. The van der Waals surface area contributed by atoms with Gasteiger partial charge in [-0.2, -0.15) is 0 Å². The Bertz CT molecular complexity index is 1140. The Kier molecular flexibility index (Phi) is 6.77. The van der Waals surface area contributed by atoms with Crippen molar-refractivity contribution in [2.45, 2.75) is 39.2 Å². The lowest BCUT2D eigenvalue weighted by Gasteiger charge is -2.33. The van der Waals surface area contributed by atoms with Gasteiger partial charge in [0.15, 0.2) is 0 Å². The van der Waals surface area contributed by atoms with Crippen molar-refractivity contribution in [3.05, 3.63) is 77.4 Å². The molecule has 2 amide bonds. The molecule has 2 heterocycles. The Labute approximate surface area is 194 Å². The first-order valence-electron chi connectivity index (χ1n) is 11.3. The summed E-state index contributed by atoms with van der Waals surface area (Å²) in [4.78, 5) is 31.9. The van der Waals surface area contributed by atoms with Crippen LogP contribution in [0.2, 0.25) is 0 Å². The van der Waals surface area contributed by atoms with Crippen LogP contribution in [0.3, 0.4) is 0 Å². The van der Waals surface area contributed by atoms with Crippen LogP contribution in [0.4, 0.5) is 0 Å². The van der Waals surface area contributed by atoms with Crippen molar-refractivity contribution in [2.75, 3.05) is 20.2 Å². The zero-order chi connectivity index (χ0) is 23.4. The summed E-state index contributed by atoms with van der Waals surface area (Å²) in [5.41, 5.74) is 4.43. The summed E-state index contributed by atoms with van der Waals surface area (Å²) in [7, 11) is 1.59. The fraction of sp³-hybridized carbons (Fsp3) is 0.346. The van der Waals surface area contributed by atoms with Gasteiger partial charge in [-0.3, -0.25) is 9.59 Å². The van der Waals surface area contributed by atoms with Crippen LogP contribution in [0.5, 0.6) is 5.75 Å². The molecule has 7 nitrogen and oxygen atoms in total. The Balaban J connectivity index is 1.39. The largest absolute Gasteiger partial charge is 0.495 e. The van der Waals surface area contributed by atoms with Crippen LogP contribution in [-0.4, -0.2) is 52.5 Å². The van der Waals surface area contributed by atoms with E-state index in [1.54, 1.807) is 25.6 Å². The lowest BCUT2D eigenvalue weighted by molar-refractivity contribution is -0.131. The molecule has 1 fully saturated rings. The fourth-order valence-electron chi connectivity index (χ4n) is 4.17. The van der Waals surface area contributed by atoms with Crippen molar-refractivity contribution in [3.63, 3.8) is 0 Å². The van der Waals surface area contributed by atoms with E-state index in [1.165, 1.54) is 5.56 Å². The van der Waals surface area contributed by atoms with Gasteiger partial charge in [-0.05, 0) is 50.5 Å². The number of hydrogen-bond acceptors (Lipinski definition) is 4. The molecule has 1 N–H and O–H groups in total. The quantitative estimate of drug-likeness (QED) is 0.629. The topological polar surface area (TPSA) is 76.5 Å². The highest BCUT2D eigenvalue weighted by molar-refractivity contribution is 5.95. The van der Waals surface area contributed by atoms with Gasteiger partial charge in [-0.25, -0.2) is 4.98 Å². The Morgan fingerprint density at radius 3 is 2.64 bits per heavy atom. The van der Waals surface area contributed by atoms with Gasteiger partial charge in [0.2, 0.25) is 5.91 Å². The van der Waals surface area contributed by atoms with Crippen molar-refractivity contribution >= 4 is 11.8 Å². The van der Waals surface area contributed by atoms with E-state index in [4.69, 9.17) is 4.74 Å². The van der Waals surface area contributed by atoms with E-state index < -0.39 is 0 Å². The van der Waals surface area contributed by atoms with Crippen LogP contribution in [0.1, 0.15) is 40.0 Å². The molecule has 1 aliphatic rings. The number of nitrogens with zero attached hydrogens (tertiary/aromatic N) is 3. The lowest BCUT2D eigenvalue weighted by atomic mass is 10.0. The molecule has 2 aromatic carbocycles. The van der Waals surface area contributed by atoms with Gasteiger partial charge in [0.25, 0.3) is 5.91 Å². The van der Waals surface area contributed by atoms with E-state index in [0.717, 1.165) is 36.3 Å². The predicted octanol–water partition coefficient (Wildman–Crippen LogP) is 3.46. The normalized spacial score (nSPS) is 15.8. The minimum absolute atomic E-state index is 0.0739. The van der Waals surface area contributed by atoms with Crippen molar-refractivity contribution in [1.29, 1.82) is 0 Å². The Morgan fingerprint density at radius 2 is 1.94 bits per heavy atom. The molecule has 172 valence electrons. The molecule has 7 heteroatoms. The van der Waals surface area contributed by atoms with E-state index in [-0.39, 0.29) is 17.9 Å². The van der Waals surface area contributed by atoms with Crippen LogP contribution >= 0.6 is 0 Å². The van der Waals surface area contributed by atoms with Gasteiger partial charge in [0, 0.05) is 30.9 Å². The SMILES string of the molecule is COc1cc(C(=O)NC2CCCN(C(=O)Cc3ccc(C)cc3)C2)ccc1-n1cnc(C)c1. The number of amides is 2. The zero-order valence-electron chi connectivity index (χ0n) is 19.4. The molecule has 0 aliphatic carbocycles. The van der Waals surface area contributed by atoms with Gasteiger partial charge in [-0.15, -0.1) is 0 Å². The van der Waals surface area contributed by atoms with Gasteiger partial charge in [-0.1, -0.05) is 29.8 Å². The fourth-order valence-corrected chi connectivity index (χ4v) is 4.17. The van der Waals surface area contributed by atoms with E-state index in [1.807, 2.05) is 59.8 Å². The zero-order valence-corrected chi connectivity index (χ0v) is 19.4.